The van der Waals surface area contributed by atoms with Crippen molar-refractivity contribution in [3.8, 4) is 5.75 Å². The molecule has 1 heterocycles. The van der Waals surface area contributed by atoms with Crippen LogP contribution in [0.15, 0.2) is 57.0 Å². The number of carbonyl (C=O) groups excluding carboxylic acids is 1. The molecule has 8 nitrogen and oxygen atoms in total. The first-order chi connectivity index (χ1) is 14.5. The summed E-state index contributed by atoms with van der Waals surface area (Å²) in [6.45, 7) is 7.07. The van der Waals surface area contributed by atoms with Crippen molar-refractivity contribution >= 4 is 23.8 Å². The van der Waals surface area contributed by atoms with Crippen LogP contribution < -0.4 is 20.9 Å². The molecule has 0 saturated heterocycles. The molecule has 9 heteroatoms. The van der Waals surface area contributed by atoms with E-state index in [1.165, 1.54) is 22.9 Å². The molecule has 0 aliphatic carbocycles. The zero-order valence-corrected chi connectivity index (χ0v) is 18.0. The number of amides is 2. The third-order valence-electron chi connectivity index (χ3n) is 4.12. The van der Waals surface area contributed by atoms with Crippen molar-refractivity contribution in [1.29, 1.82) is 0 Å². The maximum atomic E-state index is 11.9. The lowest BCUT2D eigenvalue weighted by molar-refractivity contribution is 0.240. The van der Waals surface area contributed by atoms with Gasteiger partial charge in [0.15, 0.2) is 0 Å². The van der Waals surface area contributed by atoms with Gasteiger partial charge in [0.2, 0.25) is 5.16 Å². The number of ether oxygens (including phenoxy) is 1. The molecule has 0 aliphatic rings. The Kier molecular flexibility index (Phi) is 7.56. The average molecular weight is 428 g/mol. The first-order valence-corrected chi connectivity index (χ1v) is 10.4. The van der Waals surface area contributed by atoms with Crippen LogP contribution in [-0.2, 0) is 0 Å². The van der Waals surface area contributed by atoms with Gasteiger partial charge in [-0.15, -0.1) is 0 Å². The van der Waals surface area contributed by atoms with Gasteiger partial charge in [-0.2, -0.15) is 4.98 Å². The van der Waals surface area contributed by atoms with Crippen LogP contribution in [0.2, 0.25) is 0 Å². The summed E-state index contributed by atoms with van der Waals surface area (Å²) in [6.07, 6.45) is 0.679. The number of benzene rings is 2. The van der Waals surface area contributed by atoms with Crippen LogP contribution in [0.4, 0.5) is 10.8 Å². The summed E-state index contributed by atoms with van der Waals surface area (Å²) >= 11 is 1.37. The van der Waals surface area contributed by atoms with Gasteiger partial charge in [-0.3, -0.25) is 0 Å². The highest BCUT2D eigenvalue weighted by Crippen LogP contribution is 2.25. The molecule has 30 heavy (non-hydrogen) atoms. The maximum Gasteiger partial charge on any atom is 0.340 e. The number of nitrogens with one attached hydrogen (secondary N) is 3. The highest BCUT2D eigenvalue weighted by molar-refractivity contribution is 7.99. The molecule has 3 aromatic rings. The summed E-state index contributed by atoms with van der Waals surface area (Å²) in [5.74, 6) is 0.863. The van der Waals surface area contributed by atoms with Crippen molar-refractivity contribution in [1.82, 2.24) is 20.9 Å². The zero-order chi connectivity index (χ0) is 21.3. The van der Waals surface area contributed by atoms with Crippen molar-refractivity contribution in [2.45, 2.75) is 37.2 Å². The second-order valence-corrected chi connectivity index (χ2v) is 7.81. The average Bonchev–Trinajstić information content (AvgIpc) is 3.17. The van der Waals surface area contributed by atoms with Gasteiger partial charge in [-0.25, -0.2) is 15.6 Å². The SMILES string of the molecule is Cc1ccc(Sc2noc(NNC(=O)NCCCOc3ccc(C)cc3C)n2)cc1. The van der Waals surface area contributed by atoms with Gasteiger partial charge in [-0.1, -0.05) is 35.4 Å². The number of aromatic nitrogens is 2. The number of aryl methyl sites for hydroxylation is 3. The summed E-state index contributed by atoms with van der Waals surface area (Å²) in [6, 6.07) is 13.8. The molecule has 0 fully saturated rings. The number of rotatable bonds is 9. The molecule has 0 bridgehead atoms. The van der Waals surface area contributed by atoms with E-state index in [4.69, 9.17) is 9.26 Å². The van der Waals surface area contributed by atoms with E-state index in [0.29, 0.717) is 24.7 Å². The second kappa shape index (κ2) is 10.5. The Morgan fingerprint density at radius 3 is 2.63 bits per heavy atom. The minimum atomic E-state index is -0.396. The van der Waals surface area contributed by atoms with Crippen molar-refractivity contribution < 1.29 is 14.1 Å². The summed E-state index contributed by atoms with van der Waals surface area (Å²) in [4.78, 5) is 17.0. The van der Waals surface area contributed by atoms with Gasteiger partial charge >= 0.3 is 12.0 Å². The van der Waals surface area contributed by atoms with Crippen LogP contribution in [0, 0.1) is 20.8 Å². The Morgan fingerprint density at radius 1 is 1.10 bits per heavy atom. The van der Waals surface area contributed by atoms with E-state index in [1.807, 2.05) is 57.2 Å². The Hall–Kier alpha value is -3.20. The first-order valence-electron chi connectivity index (χ1n) is 9.58. The van der Waals surface area contributed by atoms with Crippen LogP contribution >= 0.6 is 11.8 Å². The van der Waals surface area contributed by atoms with Crippen molar-refractivity contribution in [3.63, 3.8) is 0 Å². The minimum absolute atomic E-state index is 0.109. The fourth-order valence-corrected chi connectivity index (χ4v) is 3.27. The third-order valence-corrected chi connectivity index (χ3v) is 4.97. The molecule has 0 unspecified atom stereocenters. The normalized spacial score (nSPS) is 10.5. The van der Waals surface area contributed by atoms with E-state index >= 15 is 0 Å². The van der Waals surface area contributed by atoms with Gasteiger partial charge < -0.3 is 14.6 Å². The van der Waals surface area contributed by atoms with Crippen LogP contribution in [0.5, 0.6) is 5.75 Å². The quantitative estimate of drug-likeness (QED) is 0.347. The molecule has 2 aromatic carbocycles. The fourth-order valence-electron chi connectivity index (χ4n) is 2.59. The van der Waals surface area contributed by atoms with Crippen molar-refractivity contribution in [3.05, 3.63) is 59.2 Å². The van der Waals surface area contributed by atoms with E-state index in [0.717, 1.165) is 16.2 Å². The highest BCUT2D eigenvalue weighted by atomic mass is 32.2. The molecule has 0 spiro atoms. The monoisotopic (exact) mass is 427 g/mol. The fraction of sp³-hybridized carbons (Fsp3) is 0.286. The van der Waals surface area contributed by atoms with E-state index < -0.39 is 6.03 Å². The van der Waals surface area contributed by atoms with Gasteiger partial charge in [0.05, 0.1) is 6.61 Å². The number of hydrazine groups is 1. The Balaban J connectivity index is 1.32. The molecule has 2 amide bonds. The molecule has 3 N–H and O–H groups in total. The predicted molar refractivity (Wildman–Crippen MR) is 116 cm³/mol. The molecule has 0 radical (unpaired) electrons. The standard InChI is InChI=1S/C21H25N5O3S/c1-14-5-8-17(9-6-14)30-21-23-20(29-26-21)25-24-19(27)22-11-4-12-28-18-10-7-15(2)13-16(18)3/h5-10,13H,4,11-12H2,1-3H3,(H2,22,24,27)(H,23,25,26). The molecule has 1 aromatic heterocycles. The molecule has 158 valence electrons. The van der Waals surface area contributed by atoms with Gasteiger partial charge in [0.25, 0.3) is 0 Å². The number of anilines is 1. The number of hydrogen-bond donors (Lipinski definition) is 3. The van der Waals surface area contributed by atoms with E-state index in [-0.39, 0.29) is 6.01 Å². The van der Waals surface area contributed by atoms with E-state index in [2.05, 4.69) is 32.4 Å². The highest BCUT2D eigenvalue weighted by Gasteiger charge is 2.09. The topological polar surface area (TPSA) is 101 Å². The van der Waals surface area contributed by atoms with Crippen molar-refractivity contribution in [2.75, 3.05) is 18.6 Å². The molecule has 0 aliphatic heterocycles. The lowest BCUT2D eigenvalue weighted by Gasteiger charge is -2.10. The van der Waals surface area contributed by atoms with Gasteiger partial charge in [0, 0.05) is 11.4 Å². The lowest BCUT2D eigenvalue weighted by atomic mass is 10.1. The summed E-state index contributed by atoms with van der Waals surface area (Å²) in [5.41, 5.74) is 8.54. The van der Waals surface area contributed by atoms with E-state index in [1.54, 1.807) is 0 Å². The van der Waals surface area contributed by atoms with Crippen LogP contribution in [0.1, 0.15) is 23.1 Å². The number of urea groups is 1. The second-order valence-electron chi connectivity index (χ2n) is 6.77. The van der Waals surface area contributed by atoms with Crippen molar-refractivity contribution in [2.24, 2.45) is 0 Å². The number of nitrogens with zero attached hydrogens (tertiary/aromatic N) is 2. The summed E-state index contributed by atoms with van der Waals surface area (Å²) in [5, 5.41) is 7.04. The predicted octanol–water partition coefficient (Wildman–Crippen LogP) is 4.24. The molecular formula is C21H25N5O3S. The van der Waals surface area contributed by atoms with Gasteiger partial charge in [-0.05, 0) is 67.9 Å². The van der Waals surface area contributed by atoms with E-state index in [9.17, 15) is 4.79 Å². The molecule has 3 rings (SSSR count). The number of carbonyl (C=O) groups is 1. The summed E-state index contributed by atoms with van der Waals surface area (Å²) < 4.78 is 10.8. The third kappa shape index (κ3) is 6.70. The number of hydrogen-bond acceptors (Lipinski definition) is 7. The molecule has 0 atom stereocenters. The molecule has 0 saturated carbocycles. The van der Waals surface area contributed by atoms with Gasteiger partial charge in [0.1, 0.15) is 5.75 Å². The van der Waals surface area contributed by atoms with Crippen LogP contribution in [-0.4, -0.2) is 29.3 Å². The van der Waals surface area contributed by atoms with Crippen LogP contribution in [0.3, 0.4) is 0 Å². The Bertz CT molecular complexity index is 975. The summed E-state index contributed by atoms with van der Waals surface area (Å²) in [7, 11) is 0. The maximum absolute atomic E-state index is 11.9. The lowest BCUT2D eigenvalue weighted by Crippen LogP contribution is -2.39. The largest absolute Gasteiger partial charge is 0.493 e. The minimum Gasteiger partial charge on any atom is -0.493 e. The Morgan fingerprint density at radius 2 is 1.87 bits per heavy atom. The molecular weight excluding hydrogens is 402 g/mol. The first kappa shape index (κ1) is 21.5. The Labute approximate surface area is 179 Å². The van der Waals surface area contributed by atoms with Crippen LogP contribution in [0.25, 0.3) is 0 Å². The smallest absolute Gasteiger partial charge is 0.340 e. The zero-order valence-electron chi connectivity index (χ0n) is 17.2.